The maximum atomic E-state index is 12.8. The van der Waals surface area contributed by atoms with Crippen molar-refractivity contribution < 1.29 is 9.23 Å². The van der Waals surface area contributed by atoms with Gasteiger partial charge in [0.2, 0.25) is 0 Å². The molecule has 0 aliphatic rings. The lowest BCUT2D eigenvalue weighted by atomic mass is 10.2. The third-order valence-electron chi connectivity index (χ3n) is 1.29. The normalized spacial score (nSPS) is 9.25. The Bertz CT molecular complexity index is 237. The summed E-state index contributed by atoms with van der Waals surface area (Å²) < 4.78 is 12.8. The predicted molar refractivity (Wildman–Crippen MR) is 47.6 cm³/mol. The van der Waals surface area contributed by atoms with Crippen molar-refractivity contribution in [2.75, 3.05) is 0 Å². The fourth-order valence-corrected chi connectivity index (χ4v) is 0.971. The van der Waals surface area contributed by atoms with Crippen LogP contribution in [0.4, 0.5) is 4.39 Å². The lowest BCUT2D eigenvalue weighted by Crippen LogP contribution is -2.01. The molecule has 1 rings (SSSR count). The molecular formula is C7H8Cl2FNO. The third kappa shape index (κ3) is 2.60. The number of benzene rings is 1. The van der Waals surface area contributed by atoms with Crippen molar-refractivity contribution in [2.45, 2.75) is 6.61 Å². The van der Waals surface area contributed by atoms with Gasteiger partial charge >= 0.3 is 0 Å². The zero-order chi connectivity index (χ0) is 8.27. The van der Waals surface area contributed by atoms with Crippen LogP contribution in [0.2, 0.25) is 5.02 Å². The van der Waals surface area contributed by atoms with E-state index in [1.807, 2.05) is 0 Å². The molecule has 0 atom stereocenters. The topological polar surface area (TPSA) is 35.2 Å². The molecule has 2 nitrogen and oxygen atoms in total. The van der Waals surface area contributed by atoms with E-state index in [-0.39, 0.29) is 24.6 Å². The molecular weight excluding hydrogens is 204 g/mol. The van der Waals surface area contributed by atoms with Gasteiger partial charge in [0, 0.05) is 10.6 Å². The van der Waals surface area contributed by atoms with Crippen molar-refractivity contribution >= 4 is 24.0 Å². The van der Waals surface area contributed by atoms with Crippen LogP contribution in [-0.2, 0) is 11.4 Å². The summed E-state index contributed by atoms with van der Waals surface area (Å²) >= 11 is 5.63. The van der Waals surface area contributed by atoms with Gasteiger partial charge in [-0.15, -0.1) is 12.4 Å². The minimum Gasteiger partial charge on any atom is -0.300 e. The summed E-state index contributed by atoms with van der Waals surface area (Å²) in [5.41, 5.74) is 0.289. The Morgan fingerprint density at radius 3 is 2.67 bits per heavy atom. The van der Waals surface area contributed by atoms with Crippen LogP contribution in [0.5, 0.6) is 0 Å². The monoisotopic (exact) mass is 211 g/mol. The van der Waals surface area contributed by atoms with Crippen LogP contribution < -0.4 is 5.90 Å². The van der Waals surface area contributed by atoms with Crippen molar-refractivity contribution in [2.24, 2.45) is 5.90 Å². The van der Waals surface area contributed by atoms with Crippen LogP contribution in [0.1, 0.15) is 5.56 Å². The lowest BCUT2D eigenvalue weighted by molar-refractivity contribution is 0.121. The van der Waals surface area contributed by atoms with Crippen molar-refractivity contribution in [1.82, 2.24) is 0 Å². The molecule has 12 heavy (non-hydrogen) atoms. The maximum Gasteiger partial charge on any atom is 0.130 e. The van der Waals surface area contributed by atoms with Gasteiger partial charge in [-0.3, -0.25) is 4.84 Å². The average Bonchev–Trinajstić information content (AvgIpc) is 1.97. The van der Waals surface area contributed by atoms with Gasteiger partial charge in [-0.25, -0.2) is 10.3 Å². The average molecular weight is 212 g/mol. The highest BCUT2D eigenvalue weighted by atomic mass is 35.5. The molecule has 0 saturated carbocycles. The number of hydrogen-bond acceptors (Lipinski definition) is 2. The first-order valence-corrected chi connectivity index (χ1v) is 3.38. The Hall–Kier alpha value is -0.350. The maximum absolute atomic E-state index is 12.8. The molecule has 68 valence electrons. The lowest BCUT2D eigenvalue weighted by Gasteiger charge is -2.02. The van der Waals surface area contributed by atoms with E-state index in [4.69, 9.17) is 17.5 Å². The second kappa shape index (κ2) is 5.32. The summed E-state index contributed by atoms with van der Waals surface area (Å²) in [6, 6.07) is 4.41. The molecule has 0 bridgehead atoms. The summed E-state index contributed by atoms with van der Waals surface area (Å²) in [5.74, 6) is 4.37. The highest BCUT2D eigenvalue weighted by molar-refractivity contribution is 6.31. The highest BCUT2D eigenvalue weighted by Crippen LogP contribution is 2.18. The third-order valence-corrected chi connectivity index (χ3v) is 1.64. The summed E-state index contributed by atoms with van der Waals surface area (Å²) in [5, 5.41) is 0.329. The van der Waals surface area contributed by atoms with E-state index < -0.39 is 5.82 Å². The molecule has 0 heterocycles. The van der Waals surface area contributed by atoms with E-state index in [9.17, 15) is 4.39 Å². The zero-order valence-corrected chi connectivity index (χ0v) is 7.66. The summed E-state index contributed by atoms with van der Waals surface area (Å²) in [6.45, 7) is -0.00843. The molecule has 5 heteroatoms. The number of rotatable bonds is 2. The minimum atomic E-state index is -0.400. The van der Waals surface area contributed by atoms with Gasteiger partial charge in [-0.2, -0.15) is 0 Å². The van der Waals surface area contributed by atoms with Crippen LogP contribution in [0.15, 0.2) is 18.2 Å². The van der Waals surface area contributed by atoms with E-state index in [2.05, 4.69) is 4.84 Å². The van der Waals surface area contributed by atoms with Gasteiger partial charge in [0.15, 0.2) is 0 Å². The molecule has 0 radical (unpaired) electrons. The molecule has 0 saturated heterocycles. The van der Waals surface area contributed by atoms with E-state index >= 15 is 0 Å². The Morgan fingerprint density at radius 1 is 1.50 bits per heavy atom. The van der Waals surface area contributed by atoms with E-state index in [1.165, 1.54) is 12.1 Å². The molecule has 0 aliphatic heterocycles. The minimum absolute atomic E-state index is 0. The first-order chi connectivity index (χ1) is 5.25. The van der Waals surface area contributed by atoms with Crippen LogP contribution >= 0.6 is 24.0 Å². The predicted octanol–water partition coefficient (Wildman–Crippen LogP) is 2.29. The fraction of sp³-hybridized carbons (Fsp3) is 0.143. The van der Waals surface area contributed by atoms with Gasteiger partial charge < -0.3 is 0 Å². The number of halogens is 3. The summed E-state index contributed by atoms with van der Waals surface area (Å²) in [4.78, 5) is 4.27. The molecule has 0 fully saturated rings. The highest BCUT2D eigenvalue weighted by Gasteiger charge is 2.05. The van der Waals surface area contributed by atoms with Crippen molar-refractivity contribution in [3.8, 4) is 0 Å². The van der Waals surface area contributed by atoms with E-state index in [1.54, 1.807) is 6.07 Å². The molecule has 0 aliphatic carbocycles. The quantitative estimate of drug-likeness (QED) is 0.763. The smallest absolute Gasteiger partial charge is 0.130 e. The Labute approximate surface area is 80.8 Å². The van der Waals surface area contributed by atoms with Crippen LogP contribution in [-0.4, -0.2) is 0 Å². The van der Waals surface area contributed by atoms with Crippen LogP contribution in [0.25, 0.3) is 0 Å². The molecule has 0 aromatic heterocycles. The van der Waals surface area contributed by atoms with Crippen molar-refractivity contribution in [3.63, 3.8) is 0 Å². The molecule has 1 aromatic carbocycles. The molecule has 1 aromatic rings. The summed E-state index contributed by atoms with van der Waals surface area (Å²) in [6.07, 6.45) is 0. The Balaban J connectivity index is 0.00000121. The fourth-order valence-electron chi connectivity index (χ4n) is 0.754. The summed E-state index contributed by atoms with van der Waals surface area (Å²) in [7, 11) is 0. The number of hydrogen-bond donors (Lipinski definition) is 1. The molecule has 2 N–H and O–H groups in total. The van der Waals surface area contributed by atoms with E-state index in [0.717, 1.165) is 0 Å². The Kier molecular flexibility index (Phi) is 5.17. The van der Waals surface area contributed by atoms with Crippen LogP contribution in [0.3, 0.4) is 0 Å². The molecule has 0 unspecified atom stereocenters. The van der Waals surface area contributed by atoms with Gasteiger partial charge in [0.05, 0.1) is 6.61 Å². The first-order valence-electron chi connectivity index (χ1n) is 3.00. The second-order valence-electron chi connectivity index (χ2n) is 2.01. The number of nitrogens with two attached hydrogens (primary N) is 1. The van der Waals surface area contributed by atoms with Crippen molar-refractivity contribution in [1.29, 1.82) is 0 Å². The van der Waals surface area contributed by atoms with Gasteiger partial charge in [-0.05, 0) is 12.1 Å². The molecule has 0 amide bonds. The standard InChI is InChI=1S/C7H7ClFNO.ClH/c8-6-2-1-3-7(9)5(6)4-11-10;/h1-3H,4,10H2;1H. The zero-order valence-electron chi connectivity index (χ0n) is 6.09. The van der Waals surface area contributed by atoms with Gasteiger partial charge in [-0.1, -0.05) is 17.7 Å². The Morgan fingerprint density at radius 2 is 2.17 bits per heavy atom. The molecule has 0 spiro atoms. The largest absolute Gasteiger partial charge is 0.300 e. The first kappa shape index (κ1) is 11.6. The van der Waals surface area contributed by atoms with Gasteiger partial charge in [0.25, 0.3) is 0 Å². The SMILES string of the molecule is Cl.NOCc1c(F)cccc1Cl. The van der Waals surface area contributed by atoms with Crippen molar-refractivity contribution in [3.05, 3.63) is 34.6 Å². The second-order valence-corrected chi connectivity index (χ2v) is 2.42. The van der Waals surface area contributed by atoms with Gasteiger partial charge in [0.1, 0.15) is 5.82 Å². The van der Waals surface area contributed by atoms with Crippen LogP contribution in [0, 0.1) is 5.82 Å². The van der Waals surface area contributed by atoms with E-state index in [0.29, 0.717) is 5.02 Å².